The van der Waals surface area contributed by atoms with Crippen LogP contribution in [0.4, 0.5) is 5.82 Å². The standard InChI is InChI=1S/C19H20N4O3/c1-12-4-2-3-5-14(12)17(24)15-9-21-19-16(15)18(22-11-23-19)20-8-13-10-25-6-7-26-13/h2-5,9,11,13H,6-8,10H2,1H3,(H2,20,21,22,23)/t13-/m0/s1. The maximum absolute atomic E-state index is 13.1. The van der Waals surface area contributed by atoms with Crippen molar-refractivity contribution in [3.05, 3.63) is 53.5 Å². The number of fused-ring (bicyclic) bond motifs is 1. The molecule has 3 heterocycles. The minimum absolute atomic E-state index is 0.0387. The lowest BCUT2D eigenvalue weighted by Gasteiger charge is -2.23. The summed E-state index contributed by atoms with van der Waals surface area (Å²) in [5.41, 5.74) is 2.79. The number of H-pyrrole nitrogens is 1. The predicted octanol–water partition coefficient (Wildman–Crippen LogP) is 2.32. The van der Waals surface area contributed by atoms with E-state index in [4.69, 9.17) is 9.47 Å². The number of aromatic amines is 1. The summed E-state index contributed by atoms with van der Waals surface area (Å²) in [6.07, 6.45) is 3.13. The lowest BCUT2D eigenvalue weighted by Crippen LogP contribution is -2.34. The van der Waals surface area contributed by atoms with Crippen LogP contribution in [0.3, 0.4) is 0 Å². The van der Waals surface area contributed by atoms with Crippen LogP contribution in [0.1, 0.15) is 21.5 Å². The molecule has 0 aliphatic carbocycles. The summed E-state index contributed by atoms with van der Waals surface area (Å²) in [4.78, 5) is 24.7. The first kappa shape index (κ1) is 16.7. The van der Waals surface area contributed by atoms with E-state index in [0.717, 1.165) is 5.56 Å². The summed E-state index contributed by atoms with van der Waals surface area (Å²) < 4.78 is 11.1. The van der Waals surface area contributed by atoms with Crippen molar-refractivity contribution in [3.63, 3.8) is 0 Å². The van der Waals surface area contributed by atoms with E-state index >= 15 is 0 Å². The number of aromatic nitrogens is 3. The number of anilines is 1. The Labute approximate surface area is 150 Å². The van der Waals surface area contributed by atoms with E-state index < -0.39 is 0 Å². The van der Waals surface area contributed by atoms with Gasteiger partial charge < -0.3 is 19.8 Å². The molecule has 0 bridgehead atoms. The fraction of sp³-hybridized carbons (Fsp3) is 0.316. The lowest BCUT2D eigenvalue weighted by molar-refractivity contribution is -0.0819. The minimum atomic E-state index is -0.0514. The number of nitrogens with zero attached hydrogens (tertiary/aromatic N) is 2. The van der Waals surface area contributed by atoms with Gasteiger partial charge in [0.05, 0.1) is 36.9 Å². The van der Waals surface area contributed by atoms with Gasteiger partial charge in [0, 0.05) is 18.3 Å². The first-order valence-corrected chi connectivity index (χ1v) is 8.59. The molecule has 1 aromatic carbocycles. The number of hydrogen-bond acceptors (Lipinski definition) is 6. The summed E-state index contributed by atoms with van der Waals surface area (Å²) in [5.74, 6) is 0.562. The normalized spacial score (nSPS) is 17.3. The SMILES string of the molecule is Cc1ccccc1C(=O)c1c[nH]c2ncnc(NC[C@H]3COCCO3)c12. The van der Waals surface area contributed by atoms with Crippen LogP contribution in [0.25, 0.3) is 11.0 Å². The zero-order chi connectivity index (χ0) is 17.9. The highest BCUT2D eigenvalue weighted by Gasteiger charge is 2.21. The summed E-state index contributed by atoms with van der Waals surface area (Å²) in [6, 6.07) is 7.55. The molecule has 0 spiro atoms. The van der Waals surface area contributed by atoms with Gasteiger partial charge in [0.1, 0.15) is 17.8 Å². The Morgan fingerprint density at radius 1 is 1.27 bits per heavy atom. The molecule has 26 heavy (non-hydrogen) atoms. The predicted molar refractivity (Wildman–Crippen MR) is 97.5 cm³/mol. The Bertz CT molecular complexity index is 931. The summed E-state index contributed by atoms with van der Waals surface area (Å²) in [5, 5.41) is 3.97. The number of carbonyl (C=O) groups is 1. The Kier molecular flexibility index (Phi) is 4.64. The lowest BCUT2D eigenvalue weighted by atomic mass is 9.99. The average Bonchev–Trinajstić information content (AvgIpc) is 3.12. The largest absolute Gasteiger partial charge is 0.376 e. The van der Waals surface area contributed by atoms with Crippen LogP contribution in [0.5, 0.6) is 0 Å². The van der Waals surface area contributed by atoms with Crippen LogP contribution >= 0.6 is 0 Å². The van der Waals surface area contributed by atoms with Crippen molar-refractivity contribution in [1.82, 2.24) is 15.0 Å². The molecule has 7 nitrogen and oxygen atoms in total. The Hall–Kier alpha value is -2.77. The molecular weight excluding hydrogens is 332 g/mol. The highest BCUT2D eigenvalue weighted by atomic mass is 16.6. The third kappa shape index (κ3) is 3.18. The number of hydrogen-bond donors (Lipinski definition) is 2. The monoisotopic (exact) mass is 352 g/mol. The van der Waals surface area contributed by atoms with Gasteiger partial charge >= 0.3 is 0 Å². The van der Waals surface area contributed by atoms with E-state index in [9.17, 15) is 4.79 Å². The molecule has 1 fully saturated rings. The van der Waals surface area contributed by atoms with Crippen LogP contribution in [0.2, 0.25) is 0 Å². The van der Waals surface area contributed by atoms with Crippen LogP contribution in [-0.2, 0) is 9.47 Å². The molecule has 1 atom stereocenters. The van der Waals surface area contributed by atoms with E-state index in [1.54, 1.807) is 6.20 Å². The third-order valence-corrected chi connectivity index (χ3v) is 4.49. The van der Waals surface area contributed by atoms with Crippen molar-refractivity contribution in [2.45, 2.75) is 13.0 Å². The second-order valence-electron chi connectivity index (χ2n) is 6.24. The molecule has 3 aromatic rings. The van der Waals surface area contributed by atoms with Crippen molar-refractivity contribution >= 4 is 22.6 Å². The van der Waals surface area contributed by atoms with Crippen LogP contribution in [0.15, 0.2) is 36.8 Å². The summed E-state index contributed by atoms with van der Waals surface area (Å²) >= 11 is 0. The fourth-order valence-corrected chi connectivity index (χ4v) is 3.11. The molecular formula is C19H20N4O3. The van der Waals surface area contributed by atoms with Crippen molar-refractivity contribution in [3.8, 4) is 0 Å². The summed E-state index contributed by atoms with van der Waals surface area (Å²) in [6.45, 7) is 4.24. The first-order valence-electron chi connectivity index (χ1n) is 8.59. The van der Waals surface area contributed by atoms with Gasteiger partial charge in [0.15, 0.2) is 5.78 Å². The van der Waals surface area contributed by atoms with Crippen LogP contribution in [0, 0.1) is 6.92 Å². The molecule has 134 valence electrons. The number of ketones is 1. The molecule has 0 radical (unpaired) electrons. The van der Waals surface area contributed by atoms with Gasteiger partial charge in [-0.25, -0.2) is 9.97 Å². The number of aryl methyl sites for hydroxylation is 1. The van der Waals surface area contributed by atoms with E-state index in [-0.39, 0.29) is 11.9 Å². The quantitative estimate of drug-likeness (QED) is 0.685. The summed E-state index contributed by atoms with van der Waals surface area (Å²) in [7, 11) is 0. The van der Waals surface area contributed by atoms with Gasteiger partial charge in [-0.1, -0.05) is 24.3 Å². The zero-order valence-electron chi connectivity index (χ0n) is 14.5. The third-order valence-electron chi connectivity index (χ3n) is 4.49. The van der Waals surface area contributed by atoms with Gasteiger partial charge in [0.25, 0.3) is 0 Å². The molecule has 2 N–H and O–H groups in total. The fourth-order valence-electron chi connectivity index (χ4n) is 3.11. The van der Waals surface area contributed by atoms with Crippen molar-refractivity contribution in [1.29, 1.82) is 0 Å². The minimum Gasteiger partial charge on any atom is -0.376 e. The van der Waals surface area contributed by atoms with Crippen molar-refractivity contribution in [2.75, 3.05) is 31.7 Å². The Balaban J connectivity index is 1.66. The van der Waals surface area contributed by atoms with E-state index in [0.29, 0.717) is 54.3 Å². The number of carbonyl (C=O) groups excluding carboxylic acids is 1. The van der Waals surface area contributed by atoms with E-state index in [1.165, 1.54) is 6.33 Å². The maximum Gasteiger partial charge on any atom is 0.195 e. The van der Waals surface area contributed by atoms with Gasteiger partial charge in [-0.15, -0.1) is 0 Å². The Morgan fingerprint density at radius 3 is 2.96 bits per heavy atom. The molecule has 0 unspecified atom stereocenters. The second kappa shape index (κ2) is 7.23. The molecule has 1 aliphatic rings. The van der Waals surface area contributed by atoms with Crippen molar-refractivity contribution < 1.29 is 14.3 Å². The molecule has 0 amide bonds. The van der Waals surface area contributed by atoms with Gasteiger partial charge in [0.2, 0.25) is 0 Å². The molecule has 4 rings (SSSR count). The highest BCUT2D eigenvalue weighted by molar-refractivity contribution is 6.18. The number of ether oxygens (including phenoxy) is 2. The zero-order valence-corrected chi connectivity index (χ0v) is 14.5. The Morgan fingerprint density at radius 2 is 2.15 bits per heavy atom. The van der Waals surface area contributed by atoms with Gasteiger partial charge in [-0.05, 0) is 12.5 Å². The number of nitrogens with one attached hydrogen (secondary N) is 2. The smallest absolute Gasteiger partial charge is 0.195 e. The van der Waals surface area contributed by atoms with Gasteiger partial charge in [-0.3, -0.25) is 4.79 Å². The van der Waals surface area contributed by atoms with Crippen LogP contribution in [-0.4, -0.2) is 53.2 Å². The average molecular weight is 352 g/mol. The number of benzene rings is 1. The van der Waals surface area contributed by atoms with Gasteiger partial charge in [-0.2, -0.15) is 0 Å². The second-order valence-corrected chi connectivity index (χ2v) is 6.24. The first-order chi connectivity index (χ1) is 12.7. The molecule has 1 aliphatic heterocycles. The van der Waals surface area contributed by atoms with E-state index in [2.05, 4.69) is 20.3 Å². The molecule has 7 heteroatoms. The highest BCUT2D eigenvalue weighted by Crippen LogP contribution is 2.26. The molecule has 1 saturated heterocycles. The molecule has 2 aromatic heterocycles. The molecule has 0 saturated carbocycles. The maximum atomic E-state index is 13.1. The van der Waals surface area contributed by atoms with E-state index in [1.807, 2.05) is 31.2 Å². The van der Waals surface area contributed by atoms with Crippen LogP contribution < -0.4 is 5.32 Å². The topological polar surface area (TPSA) is 89.1 Å². The number of rotatable bonds is 5. The van der Waals surface area contributed by atoms with Crippen molar-refractivity contribution in [2.24, 2.45) is 0 Å².